The molecule has 4 rings (SSSR count). The minimum Gasteiger partial charge on any atom is -0.486 e. The number of rotatable bonds is 7. The molecule has 0 unspecified atom stereocenters. The van der Waals surface area contributed by atoms with Crippen LogP contribution in [0, 0.1) is 0 Å². The van der Waals surface area contributed by atoms with E-state index in [0.717, 1.165) is 4.88 Å². The Bertz CT molecular complexity index is 1100. The molecule has 0 amide bonds. The van der Waals surface area contributed by atoms with E-state index in [2.05, 4.69) is 4.98 Å². The summed E-state index contributed by atoms with van der Waals surface area (Å²) in [5.41, 5.74) is 0.455. The van der Waals surface area contributed by atoms with Gasteiger partial charge in [0.05, 0.1) is 21.9 Å². The second kappa shape index (κ2) is 8.26. The SMILES string of the molecule is O=C(CCS(=O)(=O)c1ccc2c(c1)OCCO2)OCc1coc(-c2cccs2)n1. The van der Waals surface area contributed by atoms with Crippen LogP contribution in [0.25, 0.3) is 10.8 Å². The second-order valence-electron chi connectivity index (χ2n) is 6.16. The Morgan fingerprint density at radius 3 is 2.79 bits per heavy atom. The molecule has 3 aromatic rings. The highest BCUT2D eigenvalue weighted by Gasteiger charge is 2.21. The molecule has 0 saturated heterocycles. The second-order valence-corrected chi connectivity index (χ2v) is 9.21. The van der Waals surface area contributed by atoms with Crippen LogP contribution in [-0.2, 0) is 26.0 Å². The van der Waals surface area contributed by atoms with E-state index in [1.807, 2.05) is 17.5 Å². The Hall–Kier alpha value is -2.85. The maximum Gasteiger partial charge on any atom is 0.307 e. The molecule has 0 aliphatic carbocycles. The third-order valence-corrected chi connectivity index (χ3v) is 6.68. The van der Waals surface area contributed by atoms with Gasteiger partial charge in [0.2, 0.25) is 5.89 Å². The first-order valence-electron chi connectivity index (χ1n) is 8.77. The van der Waals surface area contributed by atoms with Crippen molar-refractivity contribution >= 4 is 27.1 Å². The largest absolute Gasteiger partial charge is 0.486 e. The number of carbonyl (C=O) groups is 1. The quantitative estimate of drug-likeness (QED) is 0.522. The van der Waals surface area contributed by atoms with Crippen molar-refractivity contribution in [2.75, 3.05) is 19.0 Å². The molecule has 1 aliphatic heterocycles. The van der Waals surface area contributed by atoms with E-state index < -0.39 is 15.8 Å². The van der Waals surface area contributed by atoms with Gasteiger partial charge in [0.25, 0.3) is 0 Å². The number of hydrogen-bond acceptors (Lipinski definition) is 9. The molecule has 2 aromatic heterocycles. The van der Waals surface area contributed by atoms with Gasteiger partial charge in [0.1, 0.15) is 31.8 Å². The van der Waals surface area contributed by atoms with E-state index >= 15 is 0 Å². The van der Waals surface area contributed by atoms with Crippen LogP contribution in [0.1, 0.15) is 12.1 Å². The van der Waals surface area contributed by atoms with Crippen LogP contribution in [0.2, 0.25) is 0 Å². The first kappa shape index (κ1) is 19.5. The molecule has 152 valence electrons. The highest BCUT2D eigenvalue weighted by Crippen LogP contribution is 2.32. The lowest BCUT2D eigenvalue weighted by Crippen LogP contribution is -2.17. The molecule has 1 aliphatic rings. The molecule has 29 heavy (non-hydrogen) atoms. The molecule has 10 heteroatoms. The van der Waals surface area contributed by atoms with Crippen molar-refractivity contribution in [2.24, 2.45) is 0 Å². The summed E-state index contributed by atoms with van der Waals surface area (Å²) in [4.78, 5) is 17.2. The minimum absolute atomic E-state index is 0.0756. The zero-order valence-corrected chi connectivity index (χ0v) is 16.8. The lowest BCUT2D eigenvalue weighted by Gasteiger charge is -2.18. The highest BCUT2D eigenvalue weighted by atomic mass is 32.2. The normalized spacial score (nSPS) is 13.2. The number of carbonyl (C=O) groups excluding carboxylic acids is 1. The zero-order chi connectivity index (χ0) is 20.3. The summed E-state index contributed by atoms with van der Waals surface area (Å²) in [6.45, 7) is 0.697. The third-order valence-electron chi connectivity index (χ3n) is 4.11. The van der Waals surface area contributed by atoms with Crippen molar-refractivity contribution in [1.29, 1.82) is 0 Å². The van der Waals surface area contributed by atoms with Gasteiger partial charge in [-0.05, 0) is 23.6 Å². The molecule has 0 N–H and O–H groups in total. The van der Waals surface area contributed by atoms with E-state index in [0.29, 0.717) is 36.3 Å². The van der Waals surface area contributed by atoms with Crippen LogP contribution in [0.4, 0.5) is 0 Å². The number of aromatic nitrogens is 1. The summed E-state index contributed by atoms with van der Waals surface area (Å²) in [6.07, 6.45) is 1.14. The molecule has 0 saturated carbocycles. The number of esters is 1. The first-order valence-corrected chi connectivity index (χ1v) is 11.3. The van der Waals surface area contributed by atoms with E-state index in [4.69, 9.17) is 18.6 Å². The molecule has 0 bridgehead atoms. The van der Waals surface area contributed by atoms with E-state index in [9.17, 15) is 13.2 Å². The van der Waals surface area contributed by atoms with Gasteiger partial charge >= 0.3 is 5.97 Å². The summed E-state index contributed by atoms with van der Waals surface area (Å²) in [5, 5.41) is 1.90. The molecule has 0 spiro atoms. The van der Waals surface area contributed by atoms with E-state index in [1.165, 1.54) is 29.7 Å². The molecule has 3 heterocycles. The number of thiophene rings is 1. The number of ether oxygens (including phenoxy) is 3. The van der Waals surface area contributed by atoms with Crippen LogP contribution in [-0.4, -0.2) is 38.3 Å². The standard InChI is InChI=1S/C19H17NO7S2/c21-18(26-11-13-12-27-19(20-13)17-2-1-8-28-17)5-9-29(22,23)14-3-4-15-16(10-14)25-7-6-24-15/h1-4,8,10,12H,5-7,9,11H2. The monoisotopic (exact) mass is 435 g/mol. The van der Waals surface area contributed by atoms with Crippen LogP contribution < -0.4 is 9.47 Å². The summed E-state index contributed by atoms with van der Waals surface area (Å²) in [6, 6.07) is 8.16. The van der Waals surface area contributed by atoms with Crippen molar-refractivity contribution < 1.29 is 31.8 Å². The number of oxazole rings is 1. The lowest BCUT2D eigenvalue weighted by atomic mass is 10.3. The van der Waals surface area contributed by atoms with Gasteiger partial charge in [-0.3, -0.25) is 4.79 Å². The average molecular weight is 435 g/mol. The van der Waals surface area contributed by atoms with Gasteiger partial charge in [-0.1, -0.05) is 6.07 Å². The predicted molar refractivity (Wildman–Crippen MR) is 104 cm³/mol. The van der Waals surface area contributed by atoms with Crippen molar-refractivity contribution in [1.82, 2.24) is 4.98 Å². The Kier molecular flexibility index (Phi) is 5.54. The highest BCUT2D eigenvalue weighted by molar-refractivity contribution is 7.91. The molecular weight excluding hydrogens is 418 g/mol. The Balaban J connectivity index is 1.31. The topological polar surface area (TPSA) is 105 Å². The molecule has 1 aromatic carbocycles. The number of fused-ring (bicyclic) bond motifs is 1. The van der Waals surface area contributed by atoms with Crippen LogP contribution in [0.15, 0.2) is 51.3 Å². The summed E-state index contributed by atoms with van der Waals surface area (Å²) in [7, 11) is -3.67. The van der Waals surface area contributed by atoms with Crippen molar-refractivity contribution in [3.05, 3.63) is 47.7 Å². The van der Waals surface area contributed by atoms with Gasteiger partial charge in [0, 0.05) is 6.07 Å². The smallest absolute Gasteiger partial charge is 0.307 e. The number of nitrogens with zero attached hydrogens (tertiary/aromatic N) is 1. The summed E-state index contributed by atoms with van der Waals surface area (Å²) < 4.78 is 46.3. The molecule has 0 atom stereocenters. The van der Waals surface area contributed by atoms with Crippen LogP contribution >= 0.6 is 11.3 Å². The first-order chi connectivity index (χ1) is 14.0. The Morgan fingerprint density at radius 1 is 1.17 bits per heavy atom. The van der Waals surface area contributed by atoms with Crippen LogP contribution in [0.5, 0.6) is 11.5 Å². The van der Waals surface area contributed by atoms with Gasteiger partial charge in [0.15, 0.2) is 21.3 Å². The fourth-order valence-corrected chi connectivity index (χ4v) is 4.55. The fourth-order valence-electron chi connectivity index (χ4n) is 2.67. The maximum absolute atomic E-state index is 12.5. The number of benzene rings is 1. The summed E-state index contributed by atoms with van der Waals surface area (Å²) >= 11 is 1.48. The predicted octanol–water partition coefficient (Wildman–Crippen LogP) is 3.08. The molecule has 0 radical (unpaired) electrons. The van der Waals surface area contributed by atoms with Gasteiger partial charge in [-0.2, -0.15) is 0 Å². The fraction of sp³-hybridized carbons (Fsp3) is 0.263. The van der Waals surface area contributed by atoms with E-state index in [1.54, 1.807) is 6.07 Å². The molecule has 8 nitrogen and oxygen atoms in total. The van der Waals surface area contributed by atoms with Gasteiger partial charge < -0.3 is 18.6 Å². The molecular formula is C19H17NO7S2. The van der Waals surface area contributed by atoms with Crippen molar-refractivity contribution in [3.63, 3.8) is 0 Å². The number of hydrogen-bond donors (Lipinski definition) is 0. The molecule has 0 fully saturated rings. The van der Waals surface area contributed by atoms with Crippen LogP contribution in [0.3, 0.4) is 0 Å². The van der Waals surface area contributed by atoms with Gasteiger partial charge in [-0.15, -0.1) is 11.3 Å². The Morgan fingerprint density at radius 2 is 2.00 bits per heavy atom. The minimum atomic E-state index is -3.67. The lowest BCUT2D eigenvalue weighted by molar-refractivity contribution is -0.144. The van der Waals surface area contributed by atoms with Crippen molar-refractivity contribution in [3.8, 4) is 22.3 Å². The van der Waals surface area contributed by atoms with E-state index in [-0.39, 0.29) is 23.7 Å². The van der Waals surface area contributed by atoms with Crippen molar-refractivity contribution in [2.45, 2.75) is 17.9 Å². The van der Waals surface area contributed by atoms with Gasteiger partial charge in [-0.25, -0.2) is 13.4 Å². The average Bonchev–Trinajstić information content (AvgIpc) is 3.42. The third kappa shape index (κ3) is 4.60. The summed E-state index contributed by atoms with van der Waals surface area (Å²) in [5.74, 6) is 0.334. The Labute approximate surface area is 171 Å². The zero-order valence-electron chi connectivity index (χ0n) is 15.2. The number of sulfone groups is 1. The maximum atomic E-state index is 12.5.